The van der Waals surface area contributed by atoms with Gasteiger partial charge in [0.1, 0.15) is 0 Å². The molecule has 4 nitrogen and oxygen atoms in total. The van der Waals surface area contributed by atoms with Gasteiger partial charge in [0.05, 0.1) is 18.8 Å². The van der Waals surface area contributed by atoms with E-state index >= 15 is 0 Å². The Morgan fingerprint density at radius 1 is 1.04 bits per heavy atom. The van der Waals surface area contributed by atoms with Gasteiger partial charge in [0.15, 0.2) is 11.5 Å². The average Bonchev–Trinajstić information content (AvgIpc) is 2.53. The lowest BCUT2D eigenvalue weighted by Crippen LogP contribution is -2.64. The van der Waals surface area contributed by atoms with Crippen LogP contribution in [0.15, 0.2) is 18.2 Å². The lowest BCUT2D eigenvalue weighted by molar-refractivity contribution is -0.142. The Labute approximate surface area is 150 Å². The van der Waals surface area contributed by atoms with Crippen molar-refractivity contribution in [3.05, 3.63) is 23.8 Å². The standard InChI is InChI=1S/C21H31NO3/c1-3-24-18-6-5-15(8-19(18)25-4-2)13-22-20-9-16-7-17(10-20)12-21(23,11-16)14-20/h5-6,8,16-17,22-23H,3-4,7,9-14H2,1-2H3. The second kappa shape index (κ2) is 6.48. The Kier molecular flexibility index (Phi) is 4.45. The minimum absolute atomic E-state index is 0.128. The third kappa shape index (κ3) is 3.39. The molecule has 2 atom stereocenters. The second-order valence-corrected chi connectivity index (χ2v) is 8.47. The van der Waals surface area contributed by atoms with Crippen molar-refractivity contribution in [1.29, 1.82) is 0 Å². The van der Waals surface area contributed by atoms with Gasteiger partial charge in [-0.3, -0.25) is 0 Å². The van der Waals surface area contributed by atoms with Crippen LogP contribution in [0.4, 0.5) is 0 Å². The quantitative estimate of drug-likeness (QED) is 0.792. The van der Waals surface area contributed by atoms with Crippen molar-refractivity contribution in [2.24, 2.45) is 11.8 Å². The minimum atomic E-state index is -0.410. The van der Waals surface area contributed by atoms with Crippen molar-refractivity contribution in [3.8, 4) is 11.5 Å². The summed E-state index contributed by atoms with van der Waals surface area (Å²) >= 11 is 0. The normalized spacial score (nSPS) is 35.8. The van der Waals surface area contributed by atoms with Gasteiger partial charge in [-0.1, -0.05) is 6.07 Å². The molecule has 25 heavy (non-hydrogen) atoms. The second-order valence-electron chi connectivity index (χ2n) is 8.47. The van der Waals surface area contributed by atoms with E-state index in [-0.39, 0.29) is 5.54 Å². The molecule has 4 aliphatic rings. The first-order valence-corrected chi connectivity index (χ1v) is 9.89. The number of nitrogens with one attached hydrogen (secondary N) is 1. The number of hydrogen-bond acceptors (Lipinski definition) is 4. The third-order valence-corrected chi connectivity index (χ3v) is 6.31. The van der Waals surface area contributed by atoms with E-state index in [9.17, 15) is 5.11 Å². The molecule has 4 aliphatic carbocycles. The lowest BCUT2D eigenvalue weighted by Gasteiger charge is -2.60. The van der Waals surface area contributed by atoms with Crippen molar-refractivity contribution in [2.45, 2.75) is 70.1 Å². The summed E-state index contributed by atoms with van der Waals surface area (Å²) in [4.78, 5) is 0. The van der Waals surface area contributed by atoms with E-state index in [0.29, 0.717) is 25.0 Å². The molecular formula is C21H31NO3. The van der Waals surface area contributed by atoms with Crippen LogP contribution in [-0.2, 0) is 6.54 Å². The van der Waals surface area contributed by atoms with Crippen molar-refractivity contribution < 1.29 is 14.6 Å². The number of ether oxygens (including phenoxy) is 2. The van der Waals surface area contributed by atoms with Gasteiger partial charge in [-0.05, 0) is 81.9 Å². The molecule has 0 aliphatic heterocycles. The molecule has 1 aromatic rings. The van der Waals surface area contributed by atoms with E-state index in [1.54, 1.807) is 0 Å². The topological polar surface area (TPSA) is 50.7 Å². The van der Waals surface area contributed by atoms with Gasteiger partial charge in [-0.2, -0.15) is 0 Å². The molecule has 0 aromatic heterocycles. The number of rotatable bonds is 7. The van der Waals surface area contributed by atoms with Gasteiger partial charge in [0, 0.05) is 12.1 Å². The first-order valence-electron chi connectivity index (χ1n) is 9.89. The van der Waals surface area contributed by atoms with Crippen LogP contribution in [0, 0.1) is 11.8 Å². The van der Waals surface area contributed by atoms with E-state index in [4.69, 9.17) is 9.47 Å². The molecule has 0 radical (unpaired) electrons. The van der Waals surface area contributed by atoms with E-state index in [1.165, 1.54) is 24.8 Å². The van der Waals surface area contributed by atoms with Gasteiger partial charge in [-0.15, -0.1) is 0 Å². The molecule has 0 spiro atoms. The zero-order valence-corrected chi connectivity index (χ0v) is 15.5. The summed E-state index contributed by atoms with van der Waals surface area (Å²) in [6.45, 7) is 6.08. The maximum absolute atomic E-state index is 10.9. The summed E-state index contributed by atoms with van der Waals surface area (Å²) in [7, 11) is 0. The highest BCUT2D eigenvalue weighted by molar-refractivity contribution is 5.43. The number of hydrogen-bond donors (Lipinski definition) is 2. The van der Waals surface area contributed by atoms with Gasteiger partial charge < -0.3 is 19.9 Å². The zero-order valence-electron chi connectivity index (χ0n) is 15.5. The molecule has 2 N–H and O–H groups in total. The van der Waals surface area contributed by atoms with Crippen molar-refractivity contribution in [1.82, 2.24) is 5.32 Å². The van der Waals surface area contributed by atoms with E-state index in [1.807, 2.05) is 19.9 Å². The molecule has 2 unspecified atom stereocenters. The van der Waals surface area contributed by atoms with Crippen LogP contribution in [0.1, 0.15) is 57.9 Å². The van der Waals surface area contributed by atoms with Crippen LogP contribution in [0.5, 0.6) is 11.5 Å². The summed E-state index contributed by atoms with van der Waals surface area (Å²) in [5, 5.41) is 14.7. The van der Waals surface area contributed by atoms with Crippen LogP contribution in [-0.4, -0.2) is 29.5 Å². The van der Waals surface area contributed by atoms with Gasteiger partial charge in [0.25, 0.3) is 0 Å². The van der Waals surface area contributed by atoms with Crippen LogP contribution >= 0.6 is 0 Å². The zero-order chi connectivity index (χ0) is 17.5. The van der Waals surface area contributed by atoms with Crippen LogP contribution < -0.4 is 14.8 Å². The molecule has 138 valence electrons. The maximum Gasteiger partial charge on any atom is 0.161 e. The fraction of sp³-hybridized carbons (Fsp3) is 0.714. The largest absolute Gasteiger partial charge is 0.490 e. The molecule has 0 heterocycles. The van der Waals surface area contributed by atoms with Crippen molar-refractivity contribution >= 4 is 0 Å². The predicted molar refractivity (Wildman–Crippen MR) is 98.0 cm³/mol. The smallest absolute Gasteiger partial charge is 0.161 e. The average molecular weight is 345 g/mol. The summed E-state index contributed by atoms with van der Waals surface area (Å²) in [6, 6.07) is 6.23. The van der Waals surface area contributed by atoms with E-state index < -0.39 is 5.60 Å². The lowest BCUT2D eigenvalue weighted by atomic mass is 9.51. The summed E-state index contributed by atoms with van der Waals surface area (Å²) < 4.78 is 11.4. The monoisotopic (exact) mass is 345 g/mol. The summed E-state index contributed by atoms with van der Waals surface area (Å²) in [5.41, 5.74) is 0.935. The summed E-state index contributed by atoms with van der Waals surface area (Å²) in [5.74, 6) is 3.06. The molecule has 0 amide bonds. The molecular weight excluding hydrogens is 314 g/mol. The molecule has 4 saturated carbocycles. The first kappa shape index (κ1) is 17.2. The molecule has 1 aromatic carbocycles. The van der Waals surface area contributed by atoms with Gasteiger partial charge in [-0.25, -0.2) is 0 Å². The Morgan fingerprint density at radius 2 is 1.72 bits per heavy atom. The fourth-order valence-corrected chi connectivity index (χ4v) is 5.92. The van der Waals surface area contributed by atoms with E-state index in [0.717, 1.165) is 37.3 Å². The fourth-order valence-electron chi connectivity index (χ4n) is 5.92. The number of benzene rings is 1. The first-order chi connectivity index (χ1) is 12.0. The Morgan fingerprint density at radius 3 is 2.36 bits per heavy atom. The Hall–Kier alpha value is -1.26. The van der Waals surface area contributed by atoms with Crippen molar-refractivity contribution in [2.75, 3.05) is 13.2 Å². The van der Waals surface area contributed by atoms with Gasteiger partial charge in [0.2, 0.25) is 0 Å². The molecule has 4 heteroatoms. The highest BCUT2D eigenvalue weighted by atomic mass is 16.5. The van der Waals surface area contributed by atoms with Gasteiger partial charge >= 0.3 is 0 Å². The third-order valence-electron chi connectivity index (χ3n) is 6.31. The molecule has 5 rings (SSSR count). The highest BCUT2D eigenvalue weighted by Crippen LogP contribution is 2.57. The number of aliphatic hydroxyl groups is 1. The molecule has 4 fully saturated rings. The maximum atomic E-state index is 10.9. The SMILES string of the molecule is CCOc1ccc(CNC23CC4CC(CC(O)(C4)C2)C3)cc1OCC. The Bertz CT molecular complexity index is 616. The van der Waals surface area contributed by atoms with Crippen LogP contribution in [0.25, 0.3) is 0 Å². The van der Waals surface area contributed by atoms with Crippen LogP contribution in [0.2, 0.25) is 0 Å². The minimum Gasteiger partial charge on any atom is -0.490 e. The molecule has 4 bridgehead atoms. The summed E-state index contributed by atoms with van der Waals surface area (Å²) in [6.07, 6.45) is 6.73. The van der Waals surface area contributed by atoms with Crippen molar-refractivity contribution in [3.63, 3.8) is 0 Å². The van der Waals surface area contributed by atoms with E-state index in [2.05, 4.69) is 17.4 Å². The highest BCUT2D eigenvalue weighted by Gasteiger charge is 2.56. The molecule has 0 saturated heterocycles. The Balaban J connectivity index is 1.47. The predicted octanol–water partition coefficient (Wildman–Crippen LogP) is 3.66. The van der Waals surface area contributed by atoms with Crippen LogP contribution in [0.3, 0.4) is 0 Å².